The maximum absolute atomic E-state index is 12.7. The van der Waals surface area contributed by atoms with E-state index in [4.69, 9.17) is 0 Å². The van der Waals surface area contributed by atoms with Crippen molar-refractivity contribution >= 4 is 5.91 Å². The number of hydrogen-bond acceptors (Lipinski definition) is 2. The molecule has 0 saturated carbocycles. The van der Waals surface area contributed by atoms with Gasteiger partial charge in [0.15, 0.2) is 0 Å². The first-order valence-corrected chi connectivity index (χ1v) is 7.60. The molecular weight excluding hydrogens is 236 g/mol. The Kier molecular flexibility index (Phi) is 5.05. The number of rotatable bonds is 4. The highest BCUT2D eigenvalue weighted by atomic mass is 16.2. The fourth-order valence-electron chi connectivity index (χ4n) is 3.43. The Labute approximate surface area is 119 Å². The quantitative estimate of drug-likeness (QED) is 0.849. The van der Waals surface area contributed by atoms with Gasteiger partial charge in [0, 0.05) is 18.1 Å². The first-order valence-electron chi connectivity index (χ1n) is 7.60. The smallest absolute Gasteiger partial charge is 0.240 e. The minimum Gasteiger partial charge on any atom is -0.336 e. The van der Waals surface area contributed by atoms with Crippen molar-refractivity contribution < 1.29 is 4.79 Å². The van der Waals surface area contributed by atoms with Crippen LogP contribution in [-0.2, 0) is 4.79 Å². The summed E-state index contributed by atoms with van der Waals surface area (Å²) in [5.74, 6) is 0.286. The minimum absolute atomic E-state index is 0.00740. The highest BCUT2D eigenvalue weighted by molar-refractivity contribution is 5.83. The molecule has 1 aliphatic heterocycles. The number of likely N-dealkylation sites (tertiary alicyclic amines) is 1. The average Bonchev–Trinajstić information content (AvgIpc) is 2.16. The van der Waals surface area contributed by atoms with Gasteiger partial charge in [-0.3, -0.25) is 4.79 Å². The normalized spacial score (nSPS) is 22.2. The van der Waals surface area contributed by atoms with Crippen LogP contribution < -0.4 is 5.32 Å². The van der Waals surface area contributed by atoms with Crippen LogP contribution in [0.25, 0.3) is 0 Å². The zero-order valence-electron chi connectivity index (χ0n) is 13.8. The number of carbonyl (C=O) groups excluding carboxylic acids is 1. The third-order valence-electron chi connectivity index (χ3n) is 3.67. The number of nitrogens with one attached hydrogen (secondary N) is 1. The maximum atomic E-state index is 12.7. The largest absolute Gasteiger partial charge is 0.336 e. The van der Waals surface area contributed by atoms with Gasteiger partial charge < -0.3 is 10.2 Å². The van der Waals surface area contributed by atoms with Gasteiger partial charge in [-0.15, -0.1) is 0 Å². The summed E-state index contributed by atoms with van der Waals surface area (Å²) in [6.45, 7) is 16.2. The van der Waals surface area contributed by atoms with Gasteiger partial charge in [-0.2, -0.15) is 0 Å². The first-order chi connectivity index (χ1) is 8.53. The van der Waals surface area contributed by atoms with Crippen molar-refractivity contribution in [2.24, 2.45) is 5.41 Å². The van der Waals surface area contributed by atoms with E-state index in [2.05, 4.69) is 58.7 Å². The molecule has 0 aromatic rings. The standard InChI is InChI=1S/C16H32N2O/c1-12(2)17-13-9-8-10-18(14(13)19)16(6,7)11-15(3,4)5/h12-13,17H,8-11H2,1-7H3. The zero-order valence-corrected chi connectivity index (χ0v) is 13.8. The van der Waals surface area contributed by atoms with Gasteiger partial charge >= 0.3 is 0 Å². The molecule has 19 heavy (non-hydrogen) atoms. The number of hydrogen-bond donors (Lipinski definition) is 1. The van der Waals surface area contributed by atoms with Gasteiger partial charge in [-0.25, -0.2) is 0 Å². The molecule has 0 spiro atoms. The zero-order chi connectivity index (χ0) is 14.8. The van der Waals surface area contributed by atoms with Crippen LogP contribution in [0.1, 0.15) is 67.7 Å². The van der Waals surface area contributed by atoms with Crippen molar-refractivity contribution in [3.63, 3.8) is 0 Å². The summed E-state index contributed by atoms with van der Waals surface area (Å²) in [7, 11) is 0. The highest BCUT2D eigenvalue weighted by Crippen LogP contribution is 2.33. The van der Waals surface area contributed by atoms with Gasteiger partial charge in [-0.1, -0.05) is 34.6 Å². The fourth-order valence-corrected chi connectivity index (χ4v) is 3.43. The molecule has 0 bridgehead atoms. The molecule has 3 nitrogen and oxygen atoms in total. The molecule has 1 atom stereocenters. The lowest BCUT2D eigenvalue weighted by atomic mass is 9.80. The van der Waals surface area contributed by atoms with E-state index >= 15 is 0 Å². The lowest BCUT2D eigenvalue weighted by Crippen LogP contribution is -2.59. The van der Waals surface area contributed by atoms with Crippen LogP contribution in [0.3, 0.4) is 0 Å². The lowest BCUT2D eigenvalue weighted by Gasteiger charge is -2.46. The summed E-state index contributed by atoms with van der Waals surface area (Å²) in [6, 6.07) is 0.368. The molecule has 1 aliphatic rings. The van der Waals surface area contributed by atoms with Gasteiger partial charge in [0.05, 0.1) is 6.04 Å². The predicted octanol–water partition coefficient (Wildman–Crippen LogP) is 3.19. The Hall–Kier alpha value is -0.570. The van der Waals surface area contributed by atoms with Crippen LogP contribution >= 0.6 is 0 Å². The monoisotopic (exact) mass is 268 g/mol. The number of carbonyl (C=O) groups is 1. The molecule has 112 valence electrons. The maximum Gasteiger partial charge on any atom is 0.240 e. The van der Waals surface area contributed by atoms with Crippen molar-refractivity contribution in [3.05, 3.63) is 0 Å². The molecule has 1 saturated heterocycles. The van der Waals surface area contributed by atoms with Gasteiger partial charge in [-0.05, 0) is 38.5 Å². The average molecular weight is 268 g/mol. The molecule has 0 radical (unpaired) electrons. The van der Waals surface area contributed by atoms with E-state index in [0.717, 1.165) is 25.8 Å². The molecule has 1 fully saturated rings. The topological polar surface area (TPSA) is 32.3 Å². The van der Waals surface area contributed by atoms with Crippen molar-refractivity contribution in [1.82, 2.24) is 10.2 Å². The molecule has 1 amide bonds. The van der Waals surface area contributed by atoms with Crippen LogP contribution in [0.4, 0.5) is 0 Å². The summed E-state index contributed by atoms with van der Waals surface area (Å²) in [5, 5.41) is 3.41. The second kappa shape index (κ2) is 5.82. The van der Waals surface area contributed by atoms with Crippen molar-refractivity contribution in [3.8, 4) is 0 Å². The lowest BCUT2D eigenvalue weighted by molar-refractivity contribution is -0.143. The highest BCUT2D eigenvalue weighted by Gasteiger charge is 2.39. The summed E-state index contributed by atoms with van der Waals surface area (Å²) >= 11 is 0. The number of piperidine rings is 1. The summed E-state index contributed by atoms with van der Waals surface area (Å²) < 4.78 is 0. The summed E-state index contributed by atoms with van der Waals surface area (Å²) in [4.78, 5) is 14.8. The molecule has 0 aromatic heterocycles. The second-order valence-electron chi connectivity index (χ2n) is 8.06. The van der Waals surface area contributed by atoms with E-state index in [1.54, 1.807) is 0 Å². The van der Waals surface area contributed by atoms with E-state index in [9.17, 15) is 4.79 Å². The van der Waals surface area contributed by atoms with Crippen molar-refractivity contribution in [2.75, 3.05) is 6.54 Å². The molecule has 0 aliphatic carbocycles. The second-order valence-corrected chi connectivity index (χ2v) is 8.06. The van der Waals surface area contributed by atoms with Gasteiger partial charge in [0.2, 0.25) is 5.91 Å². The van der Waals surface area contributed by atoms with Gasteiger partial charge in [0.25, 0.3) is 0 Å². The van der Waals surface area contributed by atoms with E-state index in [-0.39, 0.29) is 22.9 Å². The summed E-state index contributed by atoms with van der Waals surface area (Å²) in [6.07, 6.45) is 3.10. The number of amides is 1. The van der Waals surface area contributed by atoms with Crippen LogP contribution in [-0.4, -0.2) is 35.0 Å². The Morgan fingerprint density at radius 3 is 2.32 bits per heavy atom. The molecule has 0 aromatic carbocycles. The fraction of sp³-hybridized carbons (Fsp3) is 0.938. The third-order valence-corrected chi connectivity index (χ3v) is 3.67. The Morgan fingerprint density at radius 1 is 1.26 bits per heavy atom. The van der Waals surface area contributed by atoms with Crippen molar-refractivity contribution in [2.45, 2.75) is 85.4 Å². The van der Waals surface area contributed by atoms with Crippen LogP contribution in [0.15, 0.2) is 0 Å². The Morgan fingerprint density at radius 2 is 1.84 bits per heavy atom. The molecular formula is C16H32N2O. The number of nitrogens with zero attached hydrogens (tertiary/aromatic N) is 1. The molecule has 3 heteroatoms. The molecule has 1 N–H and O–H groups in total. The predicted molar refractivity (Wildman–Crippen MR) is 81.2 cm³/mol. The third kappa shape index (κ3) is 4.79. The molecule has 1 heterocycles. The van der Waals surface area contributed by atoms with Crippen molar-refractivity contribution in [1.29, 1.82) is 0 Å². The molecule has 1 rings (SSSR count). The van der Waals surface area contributed by atoms with Crippen LogP contribution in [0.2, 0.25) is 0 Å². The minimum atomic E-state index is -0.0628. The van der Waals surface area contributed by atoms with E-state index < -0.39 is 0 Å². The molecule has 1 unspecified atom stereocenters. The SMILES string of the molecule is CC(C)NC1CCCN(C(C)(C)CC(C)(C)C)C1=O. The summed E-state index contributed by atoms with van der Waals surface area (Å²) in [5.41, 5.74) is 0.175. The van der Waals surface area contributed by atoms with Crippen LogP contribution in [0.5, 0.6) is 0 Å². The Balaban J connectivity index is 2.79. The Bertz CT molecular complexity index is 315. The first kappa shape index (κ1) is 16.5. The van der Waals surface area contributed by atoms with E-state index in [1.807, 2.05) is 0 Å². The van der Waals surface area contributed by atoms with Gasteiger partial charge in [0.1, 0.15) is 0 Å². The van der Waals surface area contributed by atoms with E-state index in [1.165, 1.54) is 0 Å². The van der Waals surface area contributed by atoms with E-state index in [0.29, 0.717) is 6.04 Å². The van der Waals surface area contributed by atoms with Crippen LogP contribution in [0, 0.1) is 5.41 Å².